The average Bonchev–Trinajstić information content (AvgIpc) is 2.08. The molecule has 0 amide bonds. The van der Waals surface area contributed by atoms with Gasteiger partial charge in [0.2, 0.25) is 0 Å². The van der Waals surface area contributed by atoms with Crippen LogP contribution < -0.4 is 11.3 Å². The molecule has 1 aromatic carbocycles. The molecule has 0 heterocycles. The minimum absolute atomic E-state index is 0.0104. The second-order valence-electron chi connectivity index (χ2n) is 2.53. The lowest BCUT2D eigenvalue weighted by molar-refractivity contribution is 0.603. The van der Waals surface area contributed by atoms with Crippen LogP contribution in [0.3, 0.4) is 0 Å². The highest BCUT2D eigenvalue weighted by Crippen LogP contribution is 2.29. The molecule has 0 radical (unpaired) electrons. The van der Waals surface area contributed by atoms with Crippen molar-refractivity contribution < 1.29 is 0 Å². The van der Waals surface area contributed by atoms with E-state index in [9.17, 15) is 0 Å². The first kappa shape index (κ1) is 9.81. The molecule has 66 valence electrons. The summed E-state index contributed by atoms with van der Waals surface area (Å²) >= 11 is 11.8. The molecule has 0 saturated carbocycles. The molecule has 4 heteroatoms. The van der Waals surface area contributed by atoms with E-state index in [0.29, 0.717) is 10.0 Å². The van der Waals surface area contributed by atoms with Crippen LogP contribution in [0.5, 0.6) is 0 Å². The highest BCUT2D eigenvalue weighted by molar-refractivity contribution is 6.42. The summed E-state index contributed by atoms with van der Waals surface area (Å²) in [5.41, 5.74) is 3.52. The molecule has 0 spiro atoms. The Kier molecular flexibility index (Phi) is 3.35. The van der Waals surface area contributed by atoms with Gasteiger partial charge in [0.05, 0.1) is 10.0 Å². The van der Waals surface area contributed by atoms with E-state index < -0.39 is 0 Å². The third kappa shape index (κ3) is 1.90. The molecule has 0 unspecified atom stereocenters. The Labute approximate surface area is 81.6 Å². The molecule has 3 N–H and O–H groups in total. The van der Waals surface area contributed by atoms with Crippen molar-refractivity contribution in [3.05, 3.63) is 33.8 Å². The van der Waals surface area contributed by atoms with Crippen molar-refractivity contribution in [1.82, 2.24) is 5.43 Å². The van der Waals surface area contributed by atoms with E-state index in [-0.39, 0.29) is 6.04 Å². The van der Waals surface area contributed by atoms with Crippen molar-refractivity contribution in [2.24, 2.45) is 5.84 Å². The smallest absolute Gasteiger partial charge is 0.0640 e. The number of halogens is 2. The van der Waals surface area contributed by atoms with Crippen LogP contribution in [0.4, 0.5) is 0 Å². The minimum atomic E-state index is 0.0104. The Bertz CT molecular complexity index is 276. The van der Waals surface area contributed by atoms with Gasteiger partial charge in [-0.3, -0.25) is 11.3 Å². The van der Waals surface area contributed by atoms with Crippen LogP contribution in [0.2, 0.25) is 10.0 Å². The quantitative estimate of drug-likeness (QED) is 0.575. The van der Waals surface area contributed by atoms with Crippen molar-refractivity contribution in [2.45, 2.75) is 13.0 Å². The van der Waals surface area contributed by atoms with Crippen LogP contribution >= 0.6 is 23.2 Å². The van der Waals surface area contributed by atoms with E-state index in [4.69, 9.17) is 29.0 Å². The van der Waals surface area contributed by atoms with Gasteiger partial charge in [-0.25, -0.2) is 0 Å². The lowest BCUT2D eigenvalue weighted by Gasteiger charge is -2.12. The van der Waals surface area contributed by atoms with Gasteiger partial charge in [-0.2, -0.15) is 0 Å². The van der Waals surface area contributed by atoms with Gasteiger partial charge < -0.3 is 0 Å². The first-order chi connectivity index (χ1) is 5.66. The van der Waals surface area contributed by atoms with Gasteiger partial charge >= 0.3 is 0 Å². The molecule has 2 nitrogen and oxygen atoms in total. The maximum atomic E-state index is 5.94. The zero-order valence-corrected chi connectivity index (χ0v) is 8.15. The number of nitrogens with two attached hydrogens (primary N) is 1. The van der Waals surface area contributed by atoms with Gasteiger partial charge in [-0.1, -0.05) is 35.3 Å². The van der Waals surface area contributed by atoms with Gasteiger partial charge in [-0.05, 0) is 18.6 Å². The van der Waals surface area contributed by atoms with Crippen molar-refractivity contribution in [3.63, 3.8) is 0 Å². The molecule has 12 heavy (non-hydrogen) atoms. The summed E-state index contributed by atoms with van der Waals surface area (Å²) in [4.78, 5) is 0. The normalized spacial score (nSPS) is 13.0. The molecule has 0 saturated heterocycles. The minimum Gasteiger partial charge on any atom is -0.271 e. The highest BCUT2D eigenvalue weighted by Gasteiger charge is 2.09. The van der Waals surface area contributed by atoms with Crippen LogP contribution in [0.1, 0.15) is 18.5 Å². The van der Waals surface area contributed by atoms with Gasteiger partial charge in [0.1, 0.15) is 0 Å². The fourth-order valence-electron chi connectivity index (χ4n) is 0.945. The first-order valence-corrected chi connectivity index (χ1v) is 4.32. The average molecular weight is 205 g/mol. The predicted molar refractivity (Wildman–Crippen MR) is 52.2 cm³/mol. The maximum Gasteiger partial charge on any atom is 0.0640 e. The molecular weight excluding hydrogens is 195 g/mol. The van der Waals surface area contributed by atoms with Gasteiger partial charge in [0.25, 0.3) is 0 Å². The van der Waals surface area contributed by atoms with Crippen molar-refractivity contribution in [1.29, 1.82) is 0 Å². The summed E-state index contributed by atoms with van der Waals surface area (Å²) < 4.78 is 0. The molecule has 0 aromatic heterocycles. The Morgan fingerprint density at radius 2 is 2.08 bits per heavy atom. The Balaban J connectivity index is 3.07. The summed E-state index contributed by atoms with van der Waals surface area (Å²) in [6.45, 7) is 1.91. The molecule has 1 atom stereocenters. The monoisotopic (exact) mass is 204 g/mol. The number of hydrogen-bond acceptors (Lipinski definition) is 2. The lowest BCUT2D eigenvalue weighted by Crippen LogP contribution is -2.25. The zero-order valence-electron chi connectivity index (χ0n) is 6.64. The fraction of sp³-hybridized carbons (Fsp3) is 0.250. The zero-order chi connectivity index (χ0) is 9.14. The number of rotatable bonds is 2. The molecule has 0 aliphatic heterocycles. The summed E-state index contributed by atoms with van der Waals surface area (Å²) in [6.07, 6.45) is 0. The molecule has 0 fully saturated rings. The van der Waals surface area contributed by atoms with Crippen LogP contribution in [-0.4, -0.2) is 0 Å². The van der Waals surface area contributed by atoms with Gasteiger partial charge in [0.15, 0.2) is 0 Å². The molecule has 1 rings (SSSR count). The SMILES string of the molecule is C[C@@H](NN)c1cccc(Cl)c1Cl. The number of hydrazine groups is 1. The highest BCUT2D eigenvalue weighted by atomic mass is 35.5. The fourth-order valence-corrected chi connectivity index (χ4v) is 1.42. The summed E-state index contributed by atoms with van der Waals surface area (Å²) in [6, 6.07) is 5.49. The van der Waals surface area contributed by atoms with Crippen molar-refractivity contribution in [3.8, 4) is 0 Å². The predicted octanol–water partition coefficient (Wildman–Crippen LogP) is 2.52. The number of nitrogens with one attached hydrogen (secondary N) is 1. The van der Waals surface area contributed by atoms with Crippen molar-refractivity contribution in [2.75, 3.05) is 0 Å². The topological polar surface area (TPSA) is 38.0 Å². The van der Waals surface area contributed by atoms with E-state index in [1.165, 1.54) is 0 Å². The number of hydrogen-bond donors (Lipinski definition) is 2. The Morgan fingerprint density at radius 3 is 2.67 bits per heavy atom. The molecule has 0 bridgehead atoms. The Hall–Kier alpha value is -0.280. The second kappa shape index (κ2) is 4.10. The van der Waals surface area contributed by atoms with E-state index >= 15 is 0 Å². The summed E-state index contributed by atoms with van der Waals surface area (Å²) in [5.74, 6) is 5.27. The molecular formula is C8H10Cl2N2. The van der Waals surface area contributed by atoms with Crippen LogP contribution in [0, 0.1) is 0 Å². The van der Waals surface area contributed by atoms with Crippen LogP contribution in [0.15, 0.2) is 18.2 Å². The molecule has 0 aliphatic rings. The van der Waals surface area contributed by atoms with Gasteiger partial charge in [0, 0.05) is 6.04 Å². The lowest BCUT2D eigenvalue weighted by atomic mass is 10.1. The summed E-state index contributed by atoms with van der Waals surface area (Å²) in [7, 11) is 0. The molecule has 1 aromatic rings. The maximum absolute atomic E-state index is 5.94. The van der Waals surface area contributed by atoms with E-state index in [1.807, 2.05) is 19.1 Å². The number of benzene rings is 1. The van der Waals surface area contributed by atoms with Gasteiger partial charge in [-0.15, -0.1) is 0 Å². The second-order valence-corrected chi connectivity index (χ2v) is 3.32. The third-order valence-electron chi connectivity index (χ3n) is 1.70. The van der Waals surface area contributed by atoms with Crippen LogP contribution in [0.25, 0.3) is 0 Å². The van der Waals surface area contributed by atoms with E-state index in [1.54, 1.807) is 6.07 Å². The van der Waals surface area contributed by atoms with Crippen LogP contribution in [-0.2, 0) is 0 Å². The van der Waals surface area contributed by atoms with E-state index in [2.05, 4.69) is 5.43 Å². The standard InChI is InChI=1S/C8H10Cl2N2/c1-5(12-11)6-3-2-4-7(9)8(6)10/h2-5,12H,11H2,1H3/t5-/m1/s1. The molecule has 0 aliphatic carbocycles. The Morgan fingerprint density at radius 1 is 1.42 bits per heavy atom. The third-order valence-corrected chi connectivity index (χ3v) is 2.53. The summed E-state index contributed by atoms with van der Waals surface area (Å²) in [5, 5.41) is 1.11. The largest absolute Gasteiger partial charge is 0.271 e. The van der Waals surface area contributed by atoms with E-state index in [0.717, 1.165) is 5.56 Å². The van der Waals surface area contributed by atoms with Crippen molar-refractivity contribution >= 4 is 23.2 Å². The first-order valence-electron chi connectivity index (χ1n) is 3.57.